The monoisotopic (exact) mass is 406 g/mol. The van der Waals surface area contributed by atoms with Crippen LogP contribution >= 0.6 is 0 Å². The van der Waals surface area contributed by atoms with E-state index in [2.05, 4.69) is 6.07 Å². The standard InChI is InChI=1S/C25H18N4O2/c26-15-20-21(17-10-7-13-19(30)14-17)22-25(29(23(20)27)18-11-5-2-6-12-18)31-24(28-22)16-8-3-1-4-9-16/h1-14,21,30H,27H2/t21-/m0/s1. The molecule has 1 aromatic heterocycles. The van der Waals surface area contributed by atoms with E-state index in [0.29, 0.717) is 28.6 Å². The van der Waals surface area contributed by atoms with E-state index in [0.717, 1.165) is 11.3 Å². The molecule has 3 N–H and O–H groups in total. The minimum absolute atomic E-state index is 0.104. The van der Waals surface area contributed by atoms with Crippen molar-refractivity contribution in [3.05, 3.63) is 108 Å². The normalized spacial score (nSPS) is 15.5. The van der Waals surface area contributed by atoms with Gasteiger partial charge in [-0.2, -0.15) is 5.26 Å². The van der Waals surface area contributed by atoms with Crippen LogP contribution in [-0.2, 0) is 0 Å². The van der Waals surface area contributed by atoms with Gasteiger partial charge in [0.1, 0.15) is 17.3 Å². The summed E-state index contributed by atoms with van der Waals surface area (Å²) >= 11 is 0. The molecule has 0 radical (unpaired) electrons. The summed E-state index contributed by atoms with van der Waals surface area (Å²) in [7, 11) is 0. The van der Waals surface area contributed by atoms with E-state index in [1.807, 2.05) is 66.7 Å². The first-order valence-electron chi connectivity index (χ1n) is 9.77. The third-order valence-electron chi connectivity index (χ3n) is 5.28. The number of hydrogen-bond donors (Lipinski definition) is 2. The second-order valence-electron chi connectivity index (χ2n) is 7.19. The van der Waals surface area contributed by atoms with Gasteiger partial charge in [0, 0.05) is 5.56 Å². The van der Waals surface area contributed by atoms with Crippen molar-refractivity contribution in [3.63, 3.8) is 0 Å². The van der Waals surface area contributed by atoms with Gasteiger partial charge in [0.05, 0.1) is 23.2 Å². The lowest BCUT2D eigenvalue weighted by atomic mass is 9.86. The Labute approximate surface area is 179 Å². The molecule has 0 unspecified atom stereocenters. The number of oxazole rings is 1. The molecular weight excluding hydrogens is 388 g/mol. The highest BCUT2D eigenvalue weighted by Gasteiger charge is 2.39. The van der Waals surface area contributed by atoms with Crippen LogP contribution in [0.3, 0.4) is 0 Å². The van der Waals surface area contributed by atoms with Crippen molar-refractivity contribution < 1.29 is 9.52 Å². The molecule has 1 aliphatic heterocycles. The molecule has 0 saturated carbocycles. The first-order chi connectivity index (χ1) is 15.2. The van der Waals surface area contributed by atoms with Gasteiger partial charge in [-0.1, -0.05) is 48.5 Å². The molecule has 6 nitrogen and oxygen atoms in total. The predicted octanol–water partition coefficient (Wildman–Crippen LogP) is 5.02. The average Bonchev–Trinajstić information content (AvgIpc) is 3.24. The second kappa shape index (κ2) is 7.39. The van der Waals surface area contributed by atoms with Gasteiger partial charge in [0.15, 0.2) is 0 Å². The van der Waals surface area contributed by atoms with Gasteiger partial charge in [0.25, 0.3) is 0 Å². The van der Waals surface area contributed by atoms with Gasteiger partial charge >= 0.3 is 0 Å². The highest BCUT2D eigenvalue weighted by atomic mass is 16.4. The number of aromatic hydroxyl groups is 1. The fraction of sp³-hybridized carbons (Fsp3) is 0.0400. The number of para-hydroxylation sites is 1. The van der Waals surface area contributed by atoms with Crippen molar-refractivity contribution in [2.24, 2.45) is 5.73 Å². The Kier molecular flexibility index (Phi) is 4.42. The zero-order valence-corrected chi connectivity index (χ0v) is 16.4. The molecule has 5 rings (SSSR count). The number of phenolic OH excluding ortho intramolecular Hbond substituents is 1. The Bertz CT molecular complexity index is 1320. The van der Waals surface area contributed by atoms with Crippen LogP contribution in [0.5, 0.6) is 5.75 Å². The van der Waals surface area contributed by atoms with Crippen molar-refractivity contribution in [1.82, 2.24) is 4.98 Å². The third kappa shape index (κ3) is 3.09. The highest BCUT2D eigenvalue weighted by molar-refractivity contribution is 5.74. The molecule has 31 heavy (non-hydrogen) atoms. The minimum Gasteiger partial charge on any atom is -0.508 e. The fourth-order valence-electron chi connectivity index (χ4n) is 3.87. The van der Waals surface area contributed by atoms with E-state index in [4.69, 9.17) is 15.1 Å². The van der Waals surface area contributed by atoms with Crippen LogP contribution in [0.15, 0.2) is 101 Å². The molecule has 0 saturated heterocycles. The number of benzene rings is 3. The molecule has 1 atom stereocenters. The van der Waals surface area contributed by atoms with E-state index in [1.54, 1.807) is 23.1 Å². The summed E-state index contributed by atoms with van der Waals surface area (Å²) < 4.78 is 6.23. The number of aromatic nitrogens is 1. The summed E-state index contributed by atoms with van der Waals surface area (Å²) in [5, 5.41) is 20.1. The van der Waals surface area contributed by atoms with Crippen LogP contribution < -0.4 is 10.6 Å². The highest BCUT2D eigenvalue weighted by Crippen LogP contribution is 2.47. The van der Waals surface area contributed by atoms with Crippen LogP contribution in [0.1, 0.15) is 17.2 Å². The Balaban J connectivity index is 1.78. The Morgan fingerprint density at radius 3 is 2.35 bits per heavy atom. The van der Waals surface area contributed by atoms with Gasteiger partial charge in [-0.05, 0) is 42.0 Å². The SMILES string of the molecule is N#CC1=C(N)N(c2ccccc2)c2oc(-c3ccccc3)nc2[C@H]1c1cccc(O)c1. The number of nitrogens with two attached hydrogens (primary N) is 1. The molecule has 0 bridgehead atoms. The van der Waals surface area contributed by atoms with Gasteiger partial charge in [0.2, 0.25) is 11.8 Å². The molecule has 0 fully saturated rings. The maximum Gasteiger partial charge on any atom is 0.231 e. The van der Waals surface area contributed by atoms with Gasteiger partial charge < -0.3 is 15.3 Å². The van der Waals surface area contributed by atoms with E-state index >= 15 is 0 Å². The zero-order valence-electron chi connectivity index (χ0n) is 16.4. The first kappa shape index (κ1) is 18.5. The van der Waals surface area contributed by atoms with E-state index < -0.39 is 5.92 Å². The van der Waals surface area contributed by atoms with E-state index in [-0.39, 0.29) is 11.6 Å². The quantitative estimate of drug-likeness (QED) is 0.495. The molecule has 6 heteroatoms. The maximum absolute atomic E-state index is 10.0. The Hall–Kier alpha value is -4.50. The van der Waals surface area contributed by atoms with Crippen LogP contribution in [0, 0.1) is 11.3 Å². The second-order valence-corrected chi connectivity index (χ2v) is 7.19. The zero-order chi connectivity index (χ0) is 21.4. The van der Waals surface area contributed by atoms with Gasteiger partial charge in [-0.25, -0.2) is 4.98 Å². The lowest BCUT2D eigenvalue weighted by Gasteiger charge is -2.31. The number of nitriles is 1. The molecule has 2 heterocycles. The summed E-state index contributed by atoms with van der Waals surface area (Å²) in [6, 6.07) is 28.1. The number of phenols is 1. The predicted molar refractivity (Wildman–Crippen MR) is 117 cm³/mol. The van der Waals surface area contributed by atoms with Crippen molar-refractivity contribution in [2.75, 3.05) is 4.90 Å². The summed E-state index contributed by atoms with van der Waals surface area (Å²) in [4.78, 5) is 6.50. The number of nitrogens with zero attached hydrogens (tertiary/aromatic N) is 3. The molecule has 0 spiro atoms. The lowest BCUT2D eigenvalue weighted by molar-refractivity contribution is 0.474. The summed E-state index contributed by atoms with van der Waals surface area (Å²) in [5.41, 5.74) is 9.73. The Morgan fingerprint density at radius 1 is 0.968 bits per heavy atom. The molecule has 0 aliphatic carbocycles. The number of rotatable bonds is 3. The largest absolute Gasteiger partial charge is 0.508 e. The molecule has 150 valence electrons. The van der Waals surface area contributed by atoms with Crippen molar-refractivity contribution in [1.29, 1.82) is 5.26 Å². The number of hydrogen-bond acceptors (Lipinski definition) is 6. The first-order valence-corrected chi connectivity index (χ1v) is 9.77. The Morgan fingerprint density at radius 2 is 1.68 bits per heavy atom. The number of allylic oxidation sites excluding steroid dienone is 1. The van der Waals surface area contributed by atoms with Gasteiger partial charge in [-0.15, -0.1) is 0 Å². The van der Waals surface area contributed by atoms with E-state index in [1.165, 1.54) is 0 Å². The van der Waals surface area contributed by atoms with Crippen LogP contribution in [0.2, 0.25) is 0 Å². The molecule has 0 amide bonds. The van der Waals surface area contributed by atoms with Crippen LogP contribution in [-0.4, -0.2) is 10.1 Å². The third-order valence-corrected chi connectivity index (χ3v) is 5.28. The number of anilines is 2. The number of fused-ring (bicyclic) bond motifs is 1. The van der Waals surface area contributed by atoms with E-state index in [9.17, 15) is 10.4 Å². The maximum atomic E-state index is 10.0. The molecular formula is C25H18N4O2. The lowest BCUT2D eigenvalue weighted by Crippen LogP contribution is -2.31. The van der Waals surface area contributed by atoms with Gasteiger partial charge in [-0.3, -0.25) is 4.90 Å². The topological polar surface area (TPSA) is 99.3 Å². The molecule has 4 aromatic rings. The van der Waals surface area contributed by atoms with Crippen molar-refractivity contribution >= 4 is 11.6 Å². The fourth-order valence-corrected chi connectivity index (χ4v) is 3.87. The smallest absolute Gasteiger partial charge is 0.231 e. The van der Waals surface area contributed by atoms with Crippen LogP contribution in [0.25, 0.3) is 11.5 Å². The van der Waals surface area contributed by atoms with Crippen LogP contribution in [0.4, 0.5) is 11.6 Å². The summed E-state index contributed by atoms with van der Waals surface area (Å²) in [6.07, 6.45) is 0. The molecule has 3 aromatic carbocycles. The van der Waals surface area contributed by atoms with Crippen molar-refractivity contribution in [2.45, 2.75) is 5.92 Å². The molecule has 1 aliphatic rings. The summed E-state index contributed by atoms with van der Waals surface area (Å²) in [6.45, 7) is 0. The van der Waals surface area contributed by atoms with Crippen molar-refractivity contribution in [3.8, 4) is 23.3 Å². The minimum atomic E-state index is -0.562. The summed E-state index contributed by atoms with van der Waals surface area (Å²) in [5.74, 6) is 0.698. The average molecular weight is 406 g/mol.